The normalized spacial score (nSPS) is 13.8. The van der Waals surface area contributed by atoms with Gasteiger partial charge in [0.05, 0.1) is 0 Å². The third-order valence-corrected chi connectivity index (χ3v) is 12.7. The predicted octanol–water partition coefficient (Wildman–Crippen LogP) is 16.5. The van der Waals surface area contributed by atoms with E-state index in [9.17, 15) is 0 Å². The van der Waals surface area contributed by atoms with Crippen LogP contribution in [0.4, 0.5) is 22.7 Å². The van der Waals surface area contributed by atoms with Gasteiger partial charge in [0, 0.05) is 71.0 Å². The standard InChI is InChI=1S/C61H57N4O.Pt/c1-40-30-58(62-38-53(40)43-20-16-21-44(31-43)59(2,3)4)65-54-29-26-42(41-18-12-11-13-19-41)32-52(54)51-28-27-50(37-57(51)65)66-49-23-17-22-47(36-49)63-39-64(56-25-15-14-24-55(56)63)48-34-45(60(5,6)7)33-46(35-48)61(8,9)10;/h11-35,38-39H,1-10H3;/q-3;/i1D3;. The quantitative estimate of drug-likeness (QED) is 0.149. The number of hydrogen-bond acceptors (Lipinski definition) is 4. The summed E-state index contributed by atoms with van der Waals surface area (Å²) in [6.45, 7) is 19.8. The monoisotopic (exact) mass is 1060 g/mol. The molecule has 1 aliphatic heterocycles. The van der Waals surface area contributed by atoms with Crippen LogP contribution >= 0.6 is 0 Å². The molecule has 340 valence electrons. The van der Waals surface area contributed by atoms with Gasteiger partial charge in [-0.25, -0.2) is 4.98 Å². The predicted molar refractivity (Wildman–Crippen MR) is 276 cm³/mol. The van der Waals surface area contributed by atoms with Crippen molar-refractivity contribution in [2.75, 3.05) is 9.80 Å². The van der Waals surface area contributed by atoms with Gasteiger partial charge in [0.25, 0.3) is 0 Å². The number of pyridine rings is 1. The molecule has 2 aromatic heterocycles. The van der Waals surface area contributed by atoms with E-state index in [-0.39, 0.29) is 42.9 Å². The zero-order valence-corrected chi connectivity index (χ0v) is 41.9. The Kier molecular flexibility index (Phi) is 10.9. The summed E-state index contributed by atoms with van der Waals surface area (Å²) in [5.41, 5.74) is 12.9. The molecule has 6 heteroatoms. The van der Waals surface area contributed by atoms with E-state index in [1.807, 2.05) is 59.2 Å². The second kappa shape index (κ2) is 17.3. The first-order valence-electron chi connectivity index (χ1n) is 24.3. The molecule has 0 amide bonds. The first kappa shape index (κ1) is 42.0. The number of anilines is 4. The molecule has 0 spiro atoms. The van der Waals surface area contributed by atoms with Crippen LogP contribution in [0.2, 0.25) is 0 Å². The fraction of sp³-hybridized carbons (Fsp3) is 0.213. The van der Waals surface area contributed by atoms with Crippen molar-refractivity contribution in [3.05, 3.63) is 199 Å². The molecule has 67 heavy (non-hydrogen) atoms. The number of fused-ring (bicyclic) bond motifs is 4. The van der Waals surface area contributed by atoms with Crippen molar-refractivity contribution in [2.24, 2.45) is 0 Å². The van der Waals surface area contributed by atoms with Crippen molar-refractivity contribution in [3.63, 3.8) is 0 Å². The summed E-state index contributed by atoms with van der Waals surface area (Å²) in [5, 5.41) is 1.91. The van der Waals surface area contributed by atoms with Crippen molar-refractivity contribution in [1.82, 2.24) is 9.55 Å². The first-order chi connectivity index (χ1) is 32.7. The number of hydrogen-bond donors (Lipinski definition) is 0. The average Bonchev–Trinajstić information content (AvgIpc) is 3.86. The Labute approximate surface area is 415 Å². The van der Waals surface area contributed by atoms with Gasteiger partial charge in [-0.2, -0.15) is 12.1 Å². The molecule has 10 rings (SSSR count). The third kappa shape index (κ3) is 8.83. The number of aromatic nitrogens is 2. The van der Waals surface area contributed by atoms with Crippen LogP contribution in [0.15, 0.2) is 158 Å². The summed E-state index contributed by atoms with van der Waals surface area (Å²) in [6, 6.07) is 59.0. The van der Waals surface area contributed by atoms with Gasteiger partial charge >= 0.3 is 0 Å². The summed E-state index contributed by atoms with van der Waals surface area (Å²) in [4.78, 5) is 9.46. The van der Waals surface area contributed by atoms with E-state index < -0.39 is 6.85 Å². The number of benzene rings is 7. The minimum atomic E-state index is -2.42. The van der Waals surface area contributed by atoms with Crippen molar-refractivity contribution in [1.29, 1.82) is 0 Å². The van der Waals surface area contributed by atoms with Gasteiger partial charge in [-0.05, 0) is 104 Å². The Balaban J connectivity index is 0.00000608. The van der Waals surface area contributed by atoms with Crippen molar-refractivity contribution >= 4 is 44.6 Å². The van der Waals surface area contributed by atoms with Gasteiger partial charge in [-0.3, -0.25) is 0 Å². The van der Waals surface area contributed by atoms with Crippen LogP contribution in [-0.4, -0.2) is 9.55 Å². The van der Waals surface area contributed by atoms with Crippen LogP contribution in [0, 0.1) is 25.7 Å². The molecule has 0 atom stereocenters. The first-order valence-corrected chi connectivity index (χ1v) is 22.8. The molecule has 0 saturated heterocycles. The van der Waals surface area contributed by atoms with Crippen LogP contribution in [0.5, 0.6) is 11.5 Å². The molecule has 1 aliphatic rings. The van der Waals surface area contributed by atoms with Crippen LogP contribution in [0.3, 0.4) is 0 Å². The van der Waals surface area contributed by atoms with Gasteiger partial charge in [0.15, 0.2) is 0 Å². The molecule has 0 N–H and O–H groups in total. The molecule has 0 unspecified atom stereocenters. The van der Waals surface area contributed by atoms with E-state index in [1.165, 1.54) is 11.1 Å². The van der Waals surface area contributed by atoms with Crippen LogP contribution < -0.4 is 14.5 Å². The topological polar surface area (TPSA) is 33.5 Å². The largest absolute Gasteiger partial charge is 0.509 e. The summed E-state index contributed by atoms with van der Waals surface area (Å²) in [5.74, 6) is 1.48. The summed E-state index contributed by atoms with van der Waals surface area (Å²) in [7, 11) is 0. The Hall–Kier alpha value is -6.42. The molecular weight excluding hydrogens is 1000 g/mol. The number of nitrogens with zero attached hydrogens (tertiary/aromatic N) is 4. The molecule has 0 radical (unpaired) electrons. The number of rotatable bonds is 7. The number of para-hydroxylation sites is 2. The minimum absolute atomic E-state index is 0. The zero-order valence-electron chi connectivity index (χ0n) is 42.6. The van der Waals surface area contributed by atoms with E-state index in [0.29, 0.717) is 28.4 Å². The fourth-order valence-corrected chi connectivity index (χ4v) is 8.86. The molecular formula is C61H57N4OPt-3. The van der Waals surface area contributed by atoms with E-state index in [4.69, 9.17) is 13.8 Å². The van der Waals surface area contributed by atoms with Gasteiger partial charge in [-0.15, -0.1) is 48.1 Å². The van der Waals surface area contributed by atoms with Crippen LogP contribution in [-0.2, 0) is 37.3 Å². The Bertz CT molecular complexity index is 3380. The van der Waals surface area contributed by atoms with Gasteiger partial charge in [0.1, 0.15) is 5.82 Å². The molecule has 7 aromatic carbocycles. The van der Waals surface area contributed by atoms with E-state index >= 15 is 0 Å². The number of ether oxygens (including phenoxy) is 1. The van der Waals surface area contributed by atoms with Gasteiger partial charge in [0.2, 0.25) is 0 Å². The second-order valence-corrected chi connectivity index (χ2v) is 20.6. The molecule has 0 aliphatic carbocycles. The SMILES string of the molecule is [2H]C([2H])([2H])c1cc(-n2c3[c-]c(Oc4[c-]c(N5[CH-]N(c6cc(C(C)(C)C)cc(C(C)(C)C)c6)c6ccccc65)ccc4)ccc3c3cc(-c4ccccc4)ccc32)ncc1-c1cccc(C(C)(C)C)c1.[Pt]. The maximum absolute atomic E-state index is 8.76. The molecule has 9 aromatic rings. The molecule has 0 fully saturated rings. The third-order valence-electron chi connectivity index (χ3n) is 12.7. The van der Waals surface area contributed by atoms with Crippen molar-refractivity contribution in [2.45, 2.75) is 85.4 Å². The molecule has 5 nitrogen and oxygen atoms in total. The fourth-order valence-electron chi connectivity index (χ4n) is 8.86. The smallest absolute Gasteiger partial charge is 0.135 e. The molecule has 3 heterocycles. The van der Waals surface area contributed by atoms with Gasteiger partial charge in [-0.1, -0.05) is 153 Å². The van der Waals surface area contributed by atoms with Crippen LogP contribution in [0.25, 0.3) is 49.9 Å². The minimum Gasteiger partial charge on any atom is -0.509 e. The maximum Gasteiger partial charge on any atom is 0.135 e. The summed E-state index contributed by atoms with van der Waals surface area (Å²) < 4.78 is 35.0. The van der Waals surface area contributed by atoms with Crippen LogP contribution in [0.1, 0.15) is 88.7 Å². The van der Waals surface area contributed by atoms with Crippen molar-refractivity contribution in [3.8, 4) is 39.6 Å². The molecule has 0 saturated carbocycles. The average molecular weight is 1060 g/mol. The van der Waals surface area contributed by atoms with E-state index in [2.05, 4.69) is 182 Å². The number of aryl methyl sites for hydroxylation is 1. The van der Waals surface area contributed by atoms with E-state index in [0.717, 1.165) is 61.3 Å². The summed E-state index contributed by atoms with van der Waals surface area (Å²) in [6.07, 6.45) is 1.70. The Morgan fingerprint density at radius 1 is 0.552 bits per heavy atom. The molecule has 0 bridgehead atoms. The Morgan fingerprint density at radius 3 is 1.91 bits per heavy atom. The van der Waals surface area contributed by atoms with Crippen molar-refractivity contribution < 1.29 is 29.9 Å². The Morgan fingerprint density at radius 2 is 1.21 bits per heavy atom. The van der Waals surface area contributed by atoms with Gasteiger partial charge < -0.3 is 19.1 Å². The maximum atomic E-state index is 8.76. The van der Waals surface area contributed by atoms with E-state index in [1.54, 1.807) is 12.3 Å². The summed E-state index contributed by atoms with van der Waals surface area (Å²) >= 11 is 0. The zero-order chi connectivity index (χ0) is 48.6. The second-order valence-electron chi connectivity index (χ2n) is 20.6.